The van der Waals surface area contributed by atoms with Crippen LogP contribution in [0.15, 0.2) is 36.4 Å². The van der Waals surface area contributed by atoms with Crippen molar-refractivity contribution in [1.29, 1.82) is 0 Å². The monoisotopic (exact) mass is 322 g/mol. The van der Waals surface area contributed by atoms with Crippen LogP contribution in [0.5, 0.6) is 0 Å². The van der Waals surface area contributed by atoms with Crippen LogP contribution in [0, 0.1) is 0 Å². The summed E-state index contributed by atoms with van der Waals surface area (Å²) in [5.74, 6) is 0. The van der Waals surface area contributed by atoms with Crippen molar-refractivity contribution in [3.8, 4) is 11.1 Å². The first-order chi connectivity index (χ1) is 11.8. The van der Waals surface area contributed by atoms with E-state index in [1.165, 1.54) is 55.2 Å². The van der Waals surface area contributed by atoms with E-state index in [1.807, 2.05) is 0 Å². The Balaban J connectivity index is 2.56. The van der Waals surface area contributed by atoms with E-state index in [2.05, 4.69) is 64.1 Å². The van der Waals surface area contributed by atoms with Gasteiger partial charge in [0.25, 0.3) is 0 Å². The average Bonchev–Trinajstić information content (AvgIpc) is 2.63. The molecule has 2 rings (SSSR count). The van der Waals surface area contributed by atoms with Crippen molar-refractivity contribution >= 4 is 0 Å². The van der Waals surface area contributed by atoms with Gasteiger partial charge in [0.1, 0.15) is 0 Å². The minimum absolute atomic E-state index is 1.12. The first-order valence-electron chi connectivity index (χ1n) is 9.98. The van der Waals surface area contributed by atoms with Gasteiger partial charge in [0.05, 0.1) is 0 Å². The number of benzene rings is 2. The number of hydrogen-bond acceptors (Lipinski definition) is 0. The minimum Gasteiger partial charge on any atom is -0.0654 e. The summed E-state index contributed by atoms with van der Waals surface area (Å²) in [6.07, 6.45) is 9.77. The molecule has 0 amide bonds. The first-order valence-corrected chi connectivity index (χ1v) is 9.98. The summed E-state index contributed by atoms with van der Waals surface area (Å²) in [7, 11) is 0. The number of unbranched alkanes of at least 4 members (excludes halogenated alkanes) is 2. The van der Waals surface area contributed by atoms with Crippen molar-refractivity contribution in [3.63, 3.8) is 0 Å². The van der Waals surface area contributed by atoms with E-state index in [0.717, 1.165) is 12.8 Å². The van der Waals surface area contributed by atoms with E-state index in [9.17, 15) is 0 Å². The van der Waals surface area contributed by atoms with Gasteiger partial charge in [0.2, 0.25) is 0 Å². The molecule has 0 spiro atoms. The fourth-order valence-electron chi connectivity index (χ4n) is 3.77. The standard InChI is InChI=1S/C24H34/c1-5-9-13-20-15-12-18-24(22(20)16-10-6-2)23-17-11-14-19(7-3)21(23)8-4/h11-12,14-15,17-18H,5-10,13,16H2,1-4H3. The predicted molar refractivity (Wildman–Crippen MR) is 108 cm³/mol. The maximum atomic E-state index is 2.36. The van der Waals surface area contributed by atoms with Gasteiger partial charge in [-0.05, 0) is 71.9 Å². The molecule has 0 saturated carbocycles. The molecule has 0 aliphatic rings. The predicted octanol–water partition coefficient (Wildman–Crippen LogP) is 7.16. The van der Waals surface area contributed by atoms with E-state index in [-0.39, 0.29) is 0 Å². The lowest BCUT2D eigenvalue weighted by Crippen LogP contribution is -2.01. The molecule has 0 aromatic heterocycles. The van der Waals surface area contributed by atoms with Gasteiger partial charge in [-0.15, -0.1) is 0 Å². The molecule has 130 valence electrons. The Morgan fingerprint density at radius 1 is 0.583 bits per heavy atom. The van der Waals surface area contributed by atoms with Crippen molar-refractivity contribution < 1.29 is 0 Å². The lowest BCUT2D eigenvalue weighted by atomic mass is 9.86. The third kappa shape index (κ3) is 4.29. The van der Waals surface area contributed by atoms with Gasteiger partial charge >= 0.3 is 0 Å². The maximum absolute atomic E-state index is 2.36. The summed E-state index contributed by atoms with van der Waals surface area (Å²) >= 11 is 0. The Kier molecular flexibility index (Phi) is 7.56. The lowest BCUT2D eigenvalue weighted by Gasteiger charge is -2.19. The molecule has 0 heterocycles. The molecule has 0 nitrogen and oxygen atoms in total. The molecule has 2 aromatic rings. The summed E-state index contributed by atoms with van der Waals surface area (Å²) in [4.78, 5) is 0. The van der Waals surface area contributed by atoms with Gasteiger partial charge in [-0.1, -0.05) is 76.9 Å². The Morgan fingerprint density at radius 3 is 1.75 bits per heavy atom. The van der Waals surface area contributed by atoms with Crippen LogP contribution in [0.2, 0.25) is 0 Å². The number of aryl methyl sites for hydroxylation is 2. The van der Waals surface area contributed by atoms with Crippen molar-refractivity contribution in [2.75, 3.05) is 0 Å². The van der Waals surface area contributed by atoms with Crippen LogP contribution in [0.25, 0.3) is 11.1 Å². The number of rotatable bonds is 9. The summed E-state index contributed by atoms with van der Waals surface area (Å²) in [6, 6.07) is 13.9. The van der Waals surface area contributed by atoms with Crippen molar-refractivity contribution in [2.45, 2.75) is 79.1 Å². The van der Waals surface area contributed by atoms with Crippen LogP contribution in [0.1, 0.15) is 75.6 Å². The van der Waals surface area contributed by atoms with Gasteiger partial charge in [-0.25, -0.2) is 0 Å². The zero-order valence-electron chi connectivity index (χ0n) is 16.1. The zero-order chi connectivity index (χ0) is 17.4. The van der Waals surface area contributed by atoms with Crippen LogP contribution in [-0.2, 0) is 25.7 Å². The molecule has 0 saturated heterocycles. The highest BCUT2D eigenvalue weighted by molar-refractivity contribution is 5.73. The summed E-state index contributed by atoms with van der Waals surface area (Å²) in [6.45, 7) is 9.15. The van der Waals surface area contributed by atoms with Crippen LogP contribution >= 0.6 is 0 Å². The molecule has 0 aliphatic carbocycles. The second-order valence-corrected chi connectivity index (χ2v) is 6.80. The van der Waals surface area contributed by atoms with E-state index in [0.29, 0.717) is 0 Å². The third-order valence-electron chi connectivity index (χ3n) is 5.15. The van der Waals surface area contributed by atoms with Crippen LogP contribution in [0.4, 0.5) is 0 Å². The topological polar surface area (TPSA) is 0 Å². The van der Waals surface area contributed by atoms with Crippen molar-refractivity contribution in [2.24, 2.45) is 0 Å². The summed E-state index contributed by atoms with van der Waals surface area (Å²) in [5.41, 5.74) is 9.20. The molecule has 0 unspecified atom stereocenters. The molecule has 0 aliphatic heterocycles. The van der Waals surface area contributed by atoms with Crippen LogP contribution < -0.4 is 0 Å². The quantitative estimate of drug-likeness (QED) is 0.459. The lowest BCUT2D eigenvalue weighted by molar-refractivity contribution is 0.759. The van der Waals surface area contributed by atoms with Crippen molar-refractivity contribution in [1.82, 2.24) is 0 Å². The SMILES string of the molecule is CCCCc1cccc(-c2cccc(CC)c2CC)c1CCCC. The van der Waals surface area contributed by atoms with Gasteiger partial charge < -0.3 is 0 Å². The average molecular weight is 323 g/mol. The molecule has 2 aromatic carbocycles. The van der Waals surface area contributed by atoms with E-state index in [4.69, 9.17) is 0 Å². The van der Waals surface area contributed by atoms with E-state index < -0.39 is 0 Å². The Morgan fingerprint density at radius 2 is 1.17 bits per heavy atom. The molecule has 0 radical (unpaired) electrons. The maximum Gasteiger partial charge on any atom is -0.0146 e. The molecule has 0 N–H and O–H groups in total. The molecular formula is C24H34. The van der Waals surface area contributed by atoms with Crippen LogP contribution in [0.3, 0.4) is 0 Å². The second-order valence-electron chi connectivity index (χ2n) is 6.80. The normalized spacial score (nSPS) is 11.0. The summed E-state index contributed by atoms with van der Waals surface area (Å²) < 4.78 is 0. The minimum atomic E-state index is 1.12. The Labute approximate surface area is 149 Å². The fourth-order valence-corrected chi connectivity index (χ4v) is 3.77. The third-order valence-corrected chi connectivity index (χ3v) is 5.15. The van der Waals surface area contributed by atoms with Gasteiger partial charge in [0, 0.05) is 0 Å². The zero-order valence-corrected chi connectivity index (χ0v) is 16.1. The molecule has 0 heteroatoms. The van der Waals surface area contributed by atoms with E-state index in [1.54, 1.807) is 16.7 Å². The number of hydrogen-bond donors (Lipinski definition) is 0. The highest BCUT2D eigenvalue weighted by atomic mass is 14.2. The molecule has 24 heavy (non-hydrogen) atoms. The first kappa shape index (κ1) is 18.8. The Bertz CT molecular complexity index is 636. The smallest absolute Gasteiger partial charge is 0.0146 e. The van der Waals surface area contributed by atoms with Crippen molar-refractivity contribution in [3.05, 3.63) is 58.7 Å². The van der Waals surface area contributed by atoms with Gasteiger partial charge in [0.15, 0.2) is 0 Å². The fraction of sp³-hybridized carbons (Fsp3) is 0.500. The molecule has 0 fully saturated rings. The summed E-state index contributed by atoms with van der Waals surface area (Å²) in [5, 5.41) is 0. The highest BCUT2D eigenvalue weighted by Crippen LogP contribution is 2.33. The second kappa shape index (κ2) is 9.67. The largest absolute Gasteiger partial charge is 0.0654 e. The molecule has 0 bridgehead atoms. The highest BCUT2D eigenvalue weighted by Gasteiger charge is 2.14. The van der Waals surface area contributed by atoms with Crippen LogP contribution in [-0.4, -0.2) is 0 Å². The molecule has 0 atom stereocenters. The van der Waals surface area contributed by atoms with Gasteiger partial charge in [-0.3, -0.25) is 0 Å². The van der Waals surface area contributed by atoms with Gasteiger partial charge in [-0.2, -0.15) is 0 Å². The van der Waals surface area contributed by atoms with E-state index >= 15 is 0 Å². The molecular weight excluding hydrogens is 288 g/mol. The Hall–Kier alpha value is -1.56.